The van der Waals surface area contributed by atoms with Crippen molar-refractivity contribution in [3.05, 3.63) is 152 Å². The van der Waals surface area contributed by atoms with E-state index in [2.05, 4.69) is 144 Å². The average Bonchev–Trinajstić information content (AvgIpc) is 3.42. The van der Waals surface area contributed by atoms with Crippen molar-refractivity contribution in [2.45, 2.75) is 0 Å². The highest BCUT2D eigenvalue weighted by Crippen LogP contribution is 2.37. The minimum Gasteiger partial charge on any atom is -0.309 e. The zero-order valence-corrected chi connectivity index (χ0v) is 23.3. The minimum absolute atomic E-state index is 0.942. The summed E-state index contributed by atoms with van der Waals surface area (Å²) in [5.74, 6) is 0. The summed E-state index contributed by atoms with van der Waals surface area (Å²) in [7, 11) is 0. The van der Waals surface area contributed by atoms with Crippen LogP contribution in [0.4, 0.5) is 0 Å². The Hall–Kier alpha value is -5.80. The maximum Gasteiger partial charge on any atom is 0.0971 e. The third kappa shape index (κ3) is 3.68. The van der Waals surface area contributed by atoms with Gasteiger partial charge in [0.1, 0.15) is 0 Å². The van der Waals surface area contributed by atoms with Crippen LogP contribution >= 0.6 is 0 Å². The first-order valence-corrected chi connectivity index (χ1v) is 14.6. The zero-order chi connectivity index (χ0) is 28.3. The smallest absolute Gasteiger partial charge is 0.0971 e. The second kappa shape index (κ2) is 9.37. The summed E-state index contributed by atoms with van der Waals surface area (Å²) in [5.41, 5.74) is 10.3. The zero-order valence-electron chi connectivity index (χ0n) is 23.3. The Morgan fingerprint density at radius 1 is 0.349 bits per heavy atom. The van der Waals surface area contributed by atoms with Gasteiger partial charge in [0.15, 0.2) is 0 Å². The van der Waals surface area contributed by atoms with Crippen molar-refractivity contribution in [3.8, 4) is 27.9 Å². The molecule has 0 unspecified atom stereocenters. The minimum atomic E-state index is 0.942. The Morgan fingerprint density at radius 3 is 1.60 bits per heavy atom. The van der Waals surface area contributed by atoms with Crippen LogP contribution in [0.1, 0.15) is 0 Å². The third-order valence-electron chi connectivity index (χ3n) is 8.68. The van der Waals surface area contributed by atoms with Crippen LogP contribution in [0.15, 0.2) is 152 Å². The van der Waals surface area contributed by atoms with Gasteiger partial charge in [0.25, 0.3) is 0 Å². The number of para-hydroxylation sites is 2. The molecule has 0 atom stereocenters. The number of nitrogens with zero attached hydrogens (tertiary/aromatic N) is 3. The molecule has 0 bridgehead atoms. The van der Waals surface area contributed by atoms with Gasteiger partial charge in [-0.1, -0.05) is 103 Å². The van der Waals surface area contributed by atoms with Gasteiger partial charge in [0.05, 0.1) is 22.1 Å². The summed E-state index contributed by atoms with van der Waals surface area (Å²) in [5, 5.41) is 7.20. The van der Waals surface area contributed by atoms with Crippen molar-refractivity contribution in [1.29, 1.82) is 0 Å². The third-order valence-corrected chi connectivity index (χ3v) is 8.68. The van der Waals surface area contributed by atoms with Gasteiger partial charge in [-0.25, -0.2) is 0 Å². The summed E-state index contributed by atoms with van der Waals surface area (Å²) in [6.07, 6.45) is 3.56. The summed E-state index contributed by atoms with van der Waals surface area (Å²) in [4.78, 5) is 9.45. The maximum atomic E-state index is 4.75. The number of hydrogen-bond donors (Lipinski definition) is 0. The van der Waals surface area contributed by atoms with Gasteiger partial charge in [-0.05, 0) is 69.4 Å². The Bertz CT molecular complexity index is 2450. The first-order valence-electron chi connectivity index (χ1n) is 14.6. The van der Waals surface area contributed by atoms with Crippen molar-refractivity contribution in [3.63, 3.8) is 0 Å². The number of aromatic nitrogens is 3. The molecule has 3 nitrogen and oxygen atoms in total. The molecule has 0 spiro atoms. The molecule has 7 aromatic carbocycles. The van der Waals surface area contributed by atoms with Crippen LogP contribution in [0.5, 0.6) is 0 Å². The second-order valence-electron chi connectivity index (χ2n) is 11.1. The molecular weight excluding hydrogens is 522 g/mol. The van der Waals surface area contributed by atoms with E-state index in [0.29, 0.717) is 0 Å². The number of fused-ring (bicyclic) bond motifs is 9. The number of hydrogen-bond acceptors (Lipinski definition) is 2. The van der Waals surface area contributed by atoms with Crippen LogP contribution in [-0.2, 0) is 0 Å². The Morgan fingerprint density at radius 2 is 0.860 bits per heavy atom. The van der Waals surface area contributed by atoms with E-state index in [0.717, 1.165) is 21.8 Å². The van der Waals surface area contributed by atoms with E-state index in [4.69, 9.17) is 9.97 Å². The topological polar surface area (TPSA) is 30.7 Å². The highest BCUT2D eigenvalue weighted by molar-refractivity contribution is 6.23. The Balaban J connectivity index is 1.15. The predicted molar refractivity (Wildman–Crippen MR) is 180 cm³/mol. The van der Waals surface area contributed by atoms with E-state index in [9.17, 15) is 0 Å². The van der Waals surface area contributed by atoms with Crippen LogP contribution in [0.25, 0.3) is 82.3 Å². The Kier molecular flexibility index (Phi) is 5.20. The van der Waals surface area contributed by atoms with Gasteiger partial charge in [0, 0.05) is 39.6 Å². The van der Waals surface area contributed by atoms with Crippen LogP contribution in [0.2, 0.25) is 0 Å². The second-order valence-corrected chi connectivity index (χ2v) is 11.1. The lowest BCUT2D eigenvalue weighted by Crippen LogP contribution is -1.92. The van der Waals surface area contributed by atoms with E-state index < -0.39 is 0 Å². The summed E-state index contributed by atoms with van der Waals surface area (Å²) >= 11 is 0. The molecule has 9 rings (SSSR count). The molecule has 0 fully saturated rings. The predicted octanol–water partition coefficient (Wildman–Crippen LogP) is 10.4. The van der Waals surface area contributed by atoms with E-state index in [1.807, 2.05) is 0 Å². The molecule has 200 valence electrons. The van der Waals surface area contributed by atoms with Gasteiger partial charge in [-0.2, -0.15) is 0 Å². The lowest BCUT2D eigenvalue weighted by Gasteiger charge is -2.11. The fraction of sp³-hybridized carbons (Fsp3) is 0. The lowest BCUT2D eigenvalue weighted by molar-refractivity contribution is 1.18. The van der Waals surface area contributed by atoms with Gasteiger partial charge in [-0.15, -0.1) is 0 Å². The molecule has 2 aromatic heterocycles. The molecule has 9 aromatic rings. The molecule has 0 saturated carbocycles. The van der Waals surface area contributed by atoms with Crippen LogP contribution in [0.3, 0.4) is 0 Å². The van der Waals surface area contributed by atoms with Crippen LogP contribution in [0, 0.1) is 0 Å². The van der Waals surface area contributed by atoms with Gasteiger partial charge in [-0.3, -0.25) is 9.97 Å². The first kappa shape index (κ1) is 23.9. The monoisotopic (exact) mass is 547 g/mol. The highest BCUT2D eigenvalue weighted by Gasteiger charge is 2.14. The highest BCUT2D eigenvalue weighted by atomic mass is 15.0. The number of rotatable bonds is 3. The van der Waals surface area contributed by atoms with Crippen molar-refractivity contribution >= 4 is 54.4 Å². The van der Waals surface area contributed by atoms with E-state index >= 15 is 0 Å². The maximum absolute atomic E-state index is 4.75. The van der Waals surface area contributed by atoms with Crippen LogP contribution in [-0.4, -0.2) is 14.5 Å². The SMILES string of the molecule is c1ccc(-n2c3ccccc3c3cc(-c4ccc(-c5ccc6c7ccccc7c7nccnc7c6c5)cc4)ccc32)cc1. The van der Waals surface area contributed by atoms with Gasteiger partial charge < -0.3 is 4.57 Å². The molecule has 0 N–H and O–H groups in total. The molecule has 0 amide bonds. The van der Waals surface area contributed by atoms with E-state index in [1.165, 1.54) is 60.5 Å². The molecular formula is C40H25N3. The summed E-state index contributed by atoms with van der Waals surface area (Å²) in [6, 6.07) is 50.2. The molecule has 0 radical (unpaired) electrons. The molecule has 0 aliphatic carbocycles. The Labute approximate surface area is 248 Å². The average molecular weight is 548 g/mol. The molecule has 2 heterocycles. The molecule has 0 saturated heterocycles. The standard InChI is InChI=1S/C40H25N3/c1-2-8-30(9-3-1)43-37-13-7-6-11-33(37)35-24-29(19-21-38(35)43)27-16-14-26(15-17-27)28-18-20-32-31-10-4-5-12-34(31)39-40(36(32)25-28)42-23-22-41-39/h1-25H. The lowest BCUT2D eigenvalue weighted by atomic mass is 9.94. The van der Waals surface area contributed by atoms with Gasteiger partial charge >= 0.3 is 0 Å². The fourth-order valence-electron chi connectivity index (χ4n) is 6.67. The first-order chi connectivity index (χ1) is 21.3. The fourth-order valence-corrected chi connectivity index (χ4v) is 6.67. The summed E-state index contributed by atoms with van der Waals surface area (Å²) in [6.45, 7) is 0. The van der Waals surface area contributed by atoms with Crippen LogP contribution < -0.4 is 0 Å². The van der Waals surface area contributed by atoms with Crippen molar-refractivity contribution < 1.29 is 0 Å². The largest absolute Gasteiger partial charge is 0.309 e. The van der Waals surface area contributed by atoms with E-state index in [1.54, 1.807) is 12.4 Å². The quantitative estimate of drug-likeness (QED) is 0.206. The van der Waals surface area contributed by atoms with Crippen molar-refractivity contribution in [2.24, 2.45) is 0 Å². The van der Waals surface area contributed by atoms with E-state index in [-0.39, 0.29) is 0 Å². The van der Waals surface area contributed by atoms with Crippen molar-refractivity contribution in [2.75, 3.05) is 0 Å². The number of benzene rings is 7. The molecule has 0 aliphatic rings. The molecule has 43 heavy (non-hydrogen) atoms. The normalized spacial score (nSPS) is 11.7. The molecule has 3 heteroatoms. The molecule has 0 aliphatic heterocycles. The summed E-state index contributed by atoms with van der Waals surface area (Å²) < 4.78 is 2.36. The van der Waals surface area contributed by atoms with Crippen molar-refractivity contribution in [1.82, 2.24) is 14.5 Å². The van der Waals surface area contributed by atoms with Gasteiger partial charge in [0.2, 0.25) is 0 Å².